The third-order valence-electron chi connectivity index (χ3n) is 10.9. The fraction of sp³-hybridized carbons (Fsp3) is 0.167. The second-order valence-corrected chi connectivity index (χ2v) is 18.4. The van der Waals surface area contributed by atoms with Gasteiger partial charge in [-0.05, 0) is 90.7 Å². The molecule has 0 nitrogen and oxygen atoms in total. The van der Waals surface area contributed by atoms with Crippen molar-refractivity contribution in [3.63, 3.8) is 0 Å². The summed E-state index contributed by atoms with van der Waals surface area (Å²) in [6.07, 6.45) is 7.15. The summed E-state index contributed by atoms with van der Waals surface area (Å²) in [7, 11) is -2.65. The predicted molar refractivity (Wildman–Crippen MR) is 213 cm³/mol. The van der Waals surface area contributed by atoms with Crippen LogP contribution in [0.25, 0.3) is 34.4 Å². The van der Waals surface area contributed by atoms with Crippen LogP contribution in [0.4, 0.5) is 0 Å². The van der Waals surface area contributed by atoms with E-state index in [1.165, 1.54) is 66.0 Å². The average molecular weight is 649 g/mol. The van der Waals surface area contributed by atoms with Gasteiger partial charge in [-0.2, -0.15) is 0 Å². The summed E-state index contributed by atoms with van der Waals surface area (Å²) in [5.74, 6) is 1.04. The summed E-state index contributed by atoms with van der Waals surface area (Å²) in [4.78, 5) is 0. The Morgan fingerprint density at radius 1 is 0.408 bits per heavy atom. The van der Waals surface area contributed by atoms with Crippen LogP contribution >= 0.6 is 0 Å². The van der Waals surface area contributed by atoms with Crippen molar-refractivity contribution in [2.75, 3.05) is 0 Å². The number of benzene rings is 6. The zero-order valence-electron chi connectivity index (χ0n) is 29.1. The fourth-order valence-corrected chi connectivity index (χ4v) is 13.6. The maximum atomic E-state index is 2.60. The third kappa shape index (κ3) is 5.47. The topological polar surface area (TPSA) is 0 Å². The van der Waals surface area contributed by atoms with Crippen LogP contribution < -0.4 is 10.4 Å². The number of hydrogen-bond donors (Lipinski definition) is 0. The van der Waals surface area contributed by atoms with Crippen molar-refractivity contribution >= 4 is 30.6 Å². The minimum absolute atomic E-state index is 0.522. The molecule has 0 aromatic heterocycles. The molecule has 0 bridgehead atoms. The molecule has 2 aliphatic rings. The zero-order valence-corrected chi connectivity index (χ0v) is 30.1. The second-order valence-electron chi connectivity index (χ2n) is 14.5. The van der Waals surface area contributed by atoms with Crippen LogP contribution in [0, 0.1) is 0 Å². The van der Waals surface area contributed by atoms with Crippen LogP contribution in [0.1, 0.15) is 72.9 Å². The lowest BCUT2D eigenvalue weighted by atomic mass is 9.94. The highest BCUT2D eigenvalue weighted by atomic mass is 28.3. The Balaban J connectivity index is 1.33. The van der Waals surface area contributed by atoms with Crippen molar-refractivity contribution in [1.82, 2.24) is 0 Å². The normalized spacial score (nSPS) is 13.8. The molecule has 0 N–H and O–H groups in total. The smallest absolute Gasteiger partial charge is 0.0626 e. The molecule has 6 aromatic rings. The molecule has 2 aliphatic carbocycles. The maximum absolute atomic E-state index is 2.65. The van der Waals surface area contributed by atoms with Crippen LogP contribution in [-0.4, -0.2) is 8.07 Å². The summed E-state index contributed by atoms with van der Waals surface area (Å²) in [5, 5.41) is 6.08. The van der Waals surface area contributed by atoms with Crippen LogP contribution in [-0.2, 0) is 12.8 Å². The first-order chi connectivity index (χ1) is 23.9. The monoisotopic (exact) mass is 648 g/mol. The molecule has 0 unspecified atom stereocenters. The fourth-order valence-electron chi connectivity index (χ4n) is 8.31. The Morgan fingerprint density at radius 3 is 1.16 bits per heavy atom. The van der Waals surface area contributed by atoms with Gasteiger partial charge in [-0.15, -0.1) is 0 Å². The number of allylic oxidation sites excluding steroid dienone is 2. The highest BCUT2D eigenvalue weighted by molar-refractivity contribution is 7.13. The van der Waals surface area contributed by atoms with Gasteiger partial charge in [-0.3, -0.25) is 0 Å². The molecule has 0 heterocycles. The van der Waals surface area contributed by atoms with E-state index in [1.54, 1.807) is 10.4 Å². The van der Waals surface area contributed by atoms with E-state index >= 15 is 0 Å². The first-order valence-electron chi connectivity index (χ1n) is 17.9. The molecule has 6 aromatic carbocycles. The zero-order chi connectivity index (χ0) is 33.5. The molecule has 0 radical (unpaired) electrons. The van der Waals surface area contributed by atoms with Gasteiger partial charge in [-0.25, -0.2) is 0 Å². The lowest BCUT2D eigenvalue weighted by Gasteiger charge is -2.36. The molecule has 0 aliphatic heterocycles. The molecule has 0 saturated carbocycles. The molecule has 49 heavy (non-hydrogen) atoms. The van der Waals surface area contributed by atoms with Crippen molar-refractivity contribution in [3.05, 3.63) is 189 Å². The van der Waals surface area contributed by atoms with E-state index in [4.69, 9.17) is 0 Å². The van der Waals surface area contributed by atoms with E-state index in [0.29, 0.717) is 11.8 Å². The van der Waals surface area contributed by atoms with Crippen LogP contribution in [0.3, 0.4) is 0 Å². The number of rotatable bonds is 8. The van der Waals surface area contributed by atoms with Crippen molar-refractivity contribution < 1.29 is 0 Å². The number of hydrogen-bond acceptors (Lipinski definition) is 0. The molecule has 240 valence electrons. The quantitative estimate of drug-likeness (QED) is 0.144. The minimum atomic E-state index is -2.65. The lowest BCUT2D eigenvalue weighted by molar-refractivity contribution is 0.867. The van der Waals surface area contributed by atoms with Gasteiger partial charge < -0.3 is 0 Å². The van der Waals surface area contributed by atoms with E-state index in [1.807, 2.05) is 0 Å². The Kier molecular flexibility index (Phi) is 8.18. The van der Waals surface area contributed by atoms with Crippen molar-refractivity contribution in [1.29, 1.82) is 0 Å². The van der Waals surface area contributed by atoms with Gasteiger partial charge >= 0.3 is 0 Å². The summed E-state index contributed by atoms with van der Waals surface area (Å²) in [6.45, 7) is 9.07. The van der Waals surface area contributed by atoms with Gasteiger partial charge in [0, 0.05) is 0 Å². The first-order valence-corrected chi connectivity index (χ1v) is 19.9. The Labute approximate surface area is 293 Å². The van der Waals surface area contributed by atoms with E-state index in [2.05, 4.69) is 185 Å². The van der Waals surface area contributed by atoms with Gasteiger partial charge in [0.2, 0.25) is 0 Å². The predicted octanol–water partition coefficient (Wildman–Crippen LogP) is 11.2. The van der Waals surface area contributed by atoms with Crippen LogP contribution in [0.2, 0.25) is 0 Å². The van der Waals surface area contributed by atoms with Crippen LogP contribution in [0.5, 0.6) is 0 Å². The average Bonchev–Trinajstić information content (AvgIpc) is 3.78. The summed E-state index contributed by atoms with van der Waals surface area (Å²) in [6, 6.07) is 55.3. The van der Waals surface area contributed by atoms with Gasteiger partial charge in [0.1, 0.15) is 0 Å². The van der Waals surface area contributed by atoms with Gasteiger partial charge in [0.15, 0.2) is 8.07 Å². The SMILES string of the molecule is CC(C)c1ccc(-c2cccc3c2C=C([Si](C2=Cc4c(cccc4-c4ccc(C(C)C)cc4)C2)(c2ccccc2)c2ccccc2)C3)cc1. The summed E-state index contributed by atoms with van der Waals surface area (Å²) >= 11 is 0. The molecular weight excluding hydrogens is 605 g/mol. The summed E-state index contributed by atoms with van der Waals surface area (Å²) in [5.41, 5.74) is 13.7. The van der Waals surface area contributed by atoms with E-state index in [0.717, 1.165) is 12.8 Å². The molecule has 1 heteroatoms. The van der Waals surface area contributed by atoms with Gasteiger partial charge in [-0.1, -0.05) is 196 Å². The van der Waals surface area contributed by atoms with Gasteiger partial charge in [0.05, 0.1) is 0 Å². The molecule has 0 saturated heterocycles. The second kappa shape index (κ2) is 12.8. The third-order valence-corrected chi connectivity index (χ3v) is 15.9. The first kappa shape index (κ1) is 31.3. The molecule has 0 spiro atoms. The lowest BCUT2D eigenvalue weighted by Crippen LogP contribution is -2.62. The number of fused-ring (bicyclic) bond motifs is 2. The van der Waals surface area contributed by atoms with Crippen molar-refractivity contribution in [2.45, 2.75) is 52.4 Å². The molecule has 0 amide bonds. The maximum Gasteiger partial charge on any atom is 0.172 e. The Morgan fingerprint density at radius 2 is 0.796 bits per heavy atom. The Bertz CT molecular complexity index is 2020. The van der Waals surface area contributed by atoms with Crippen molar-refractivity contribution in [2.24, 2.45) is 0 Å². The summed E-state index contributed by atoms with van der Waals surface area (Å²) < 4.78 is 0. The van der Waals surface area contributed by atoms with E-state index < -0.39 is 8.07 Å². The van der Waals surface area contributed by atoms with Gasteiger partial charge in [0.25, 0.3) is 0 Å². The standard InChI is InChI=1S/C48H44Si/c1-33(2)35-21-25-37(26-22-35)45-19-11-13-39-29-43(31-47(39)45)49(41-15-7-5-8-16-41,42-17-9-6-10-18-42)44-30-40-14-12-20-46(48(40)32-44)38-27-23-36(24-28-38)34(3)4/h5-28,31-34H,29-30H2,1-4H3. The highest BCUT2D eigenvalue weighted by Crippen LogP contribution is 2.44. The van der Waals surface area contributed by atoms with Crippen LogP contribution in [0.15, 0.2) is 156 Å². The van der Waals surface area contributed by atoms with E-state index in [-0.39, 0.29) is 0 Å². The minimum Gasteiger partial charge on any atom is -0.0626 e. The van der Waals surface area contributed by atoms with Crippen molar-refractivity contribution in [3.8, 4) is 22.3 Å². The van der Waals surface area contributed by atoms with E-state index in [9.17, 15) is 0 Å². The molecule has 0 fully saturated rings. The largest absolute Gasteiger partial charge is 0.172 e. The molecule has 0 atom stereocenters. The highest BCUT2D eigenvalue weighted by Gasteiger charge is 2.47. The molecule has 8 rings (SSSR count). The molecular formula is C48H44Si. The Hall–Kier alpha value is -4.98.